The molecule has 0 aliphatic heterocycles. The SMILES string of the molecule is C[C@H](NC(=O)[C@H](CCCNC(=O)Oc1ccc(C[C@H](NC(=O)OC(C)(C)C)C(=O)Nc2ccccc2)cc1)NC(=O)OC(C)(C)C)C(N)=O. The molecule has 7 N–H and O–H groups in total. The molecule has 268 valence electrons. The number of hydrogen-bond donors (Lipinski definition) is 6. The van der Waals surface area contributed by atoms with Crippen LogP contribution in [0.4, 0.5) is 20.1 Å². The summed E-state index contributed by atoms with van der Waals surface area (Å²) in [6, 6.07) is 12.2. The molecule has 0 saturated heterocycles. The number of para-hydroxylation sites is 1. The Morgan fingerprint density at radius 1 is 0.714 bits per heavy atom. The quantitative estimate of drug-likeness (QED) is 0.160. The lowest BCUT2D eigenvalue weighted by atomic mass is 10.0. The Bertz CT molecular complexity index is 1440. The van der Waals surface area contributed by atoms with Gasteiger partial charge in [0, 0.05) is 18.7 Å². The summed E-state index contributed by atoms with van der Waals surface area (Å²) in [6.07, 6.45) is -1.85. The summed E-state index contributed by atoms with van der Waals surface area (Å²) in [5.74, 6) is -1.61. The Labute approximate surface area is 286 Å². The lowest BCUT2D eigenvalue weighted by molar-refractivity contribution is -0.128. The fraction of sp³-hybridized carbons (Fsp3) is 0.471. The number of carbonyl (C=O) groups is 6. The minimum Gasteiger partial charge on any atom is -0.444 e. The molecule has 0 aliphatic carbocycles. The Balaban J connectivity index is 1.96. The van der Waals surface area contributed by atoms with Crippen LogP contribution < -0.4 is 37.1 Å². The van der Waals surface area contributed by atoms with E-state index in [0.717, 1.165) is 0 Å². The van der Waals surface area contributed by atoms with Crippen molar-refractivity contribution in [1.29, 1.82) is 0 Å². The molecule has 6 amide bonds. The van der Waals surface area contributed by atoms with E-state index < -0.39 is 65.3 Å². The minimum atomic E-state index is -1.06. The maximum atomic E-state index is 13.1. The van der Waals surface area contributed by atoms with Gasteiger partial charge in [0.15, 0.2) is 0 Å². The lowest BCUT2D eigenvalue weighted by Gasteiger charge is -2.24. The summed E-state index contributed by atoms with van der Waals surface area (Å²) >= 11 is 0. The number of alkyl carbamates (subject to hydrolysis) is 2. The van der Waals surface area contributed by atoms with Gasteiger partial charge in [0.2, 0.25) is 17.7 Å². The second kappa shape index (κ2) is 18.3. The summed E-state index contributed by atoms with van der Waals surface area (Å²) < 4.78 is 15.9. The lowest BCUT2D eigenvalue weighted by Crippen LogP contribution is -2.52. The fourth-order valence-electron chi connectivity index (χ4n) is 4.08. The van der Waals surface area contributed by atoms with Crippen molar-refractivity contribution < 1.29 is 43.0 Å². The first kappa shape index (κ1) is 39.8. The molecular weight excluding hydrogens is 636 g/mol. The van der Waals surface area contributed by atoms with E-state index in [1.807, 2.05) is 6.07 Å². The Morgan fingerprint density at radius 3 is 1.80 bits per heavy atom. The van der Waals surface area contributed by atoms with E-state index in [0.29, 0.717) is 11.3 Å². The fourth-order valence-corrected chi connectivity index (χ4v) is 4.08. The van der Waals surface area contributed by atoms with Crippen molar-refractivity contribution in [2.75, 3.05) is 11.9 Å². The maximum absolute atomic E-state index is 13.1. The molecule has 15 heteroatoms. The highest BCUT2D eigenvalue weighted by Gasteiger charge is 2.27. The number of carbonyl (C=O) groups excluding carboxylic acids is 6. The van der Waals surface area contributed by atoms with E-state index in [1.54, 1.807) is 90.1 Å². The van der Waals surface area contributed by atoms with E-state index in [9.17, 15) is 28.8 Å². The highest BCUT2D eigenvalue weighted by Crippen LogP contribution is 2.16. The van der Waals surface area contributed by atoms with Crippen LogP contribution in [0.2, 0.25) is 0 Å². The average Bonchev–Trinajstić information content (AvgIpc) is 2.97. The predicted molar refractivity (Wildman–Crippen MR) is 182 cm³/mol. The van der Waals surface area contributed by atoms with Gasteiger partial charge in [-0.2, -0.15) is 0 Å². The van der Waals surface area contributed by atoms with Crippen LogP contribution in [0.25, 0.3) is 0 Å². The largest absolute Gasteiger partial charge is 0.444 e. The van der Waals surface area contributed by atoms with Crippen molar-refractivity contribution in [3.8, 4) is 5.75 Å². The standard InChI is InChI=1S/C34H48N6O9/c1-21(27(35)41)37-28(42)25(39-31(45)48-33(2,3)4)14-11-19-36-30(44)47-24-17-15-22(16-18-24)20-26(40-32(46)49-34(5,6)7)29(43)38-23-12-9-8-10-13-23/h8-10,12-13,15-18,21,25-26H,11,14,19-20H2,1-7H3,(H2,35,41)(H,36,44)(H,37,42)(H,38,43)(H,39,45)(H,40,46)/t21-,25-,26-/m0/s1. The number of hydrogen-bond acceptors (Lipinski definition) is 9. The van der Waals surface area contributed by atoms with Crippen molar-refractivity contribution in [2.45, 2.75) is 97.1 Å². The number of rotatable bonds is 14. The minimum absolute atomic E-state index is 0.0939. The van der Waals surface area contributed by atoms with Gasteiger partial charge in [-0.15, -0.1) is 0 Å². The number of primary amides is 1. The zero-order chi connectivity index (χ0) is 36.8. The molecule has 2 aromatic carbocycles. The molecule has 0 spiro atoms. The molecule has 0 bridgehead atoms. The van der Waals surface area contributed by atoms with Gasteiger partial charge in [-0.3, -0.25) is 14.4 Å². The van der Waals surface area contributed by atoms with Gasteiger partial charge in [-0.25, -0.2) is 14.4 Å². The Hall–Kier alpha value is -5.34. The van der Waals surface area contributed by atoms with Crippen LogP contribution in [0.3, 0.4) is 0 Å². The normalized spacial score (nSPS) is 13.0. The third-order valence-corrected chi connectivity index (χ3v) is 6.35. The smallest absolute Gasteiger partial charge is 0.412 e. The molecule has 0 heterocycles. The number of amides is 6. The van der Waals surface area contributed by atoms with Gasteiger partial charge in [0.05, 0.1) is 0 Å². The van der Waals surface area contributed by atoms with Crippen LogP contribution in [0.15, 0.2) is 54.6 Å². The first-order valence-corrected chi connectivity index (χ1v) is 15.8. The average molecular weight is 685 g/mol. The number of nitrogens with two attached hydrogens (primary N) is 1. The summed E-state index contributed by atoms with van der Waals surface area (Å²) in [5.41, 5.74) is 4.90. The molecule has 0 aromatic heterocycles. The molecule has 0 unspecified atom stereocenters. The van der Waals surface area contributed by atoms with Crippen LogP contribution in [0, 0.1) is 0 Å². The Kier molecular flexibility index (Phi) is 14.9. The summed E-state index contributed by atoms with van der Waals surface area (Å²) in [6.45, 7) is 11.7. The number of anilines is 1. The Morgan fingerprint density at radius 2 is 1.27 bits per heavy atom. The third kappa shape index (κ3) is 16.4. The second-order valence-electron chi connectivity index (χ2n) is 13.2. The molecule has 3 atom stereocenters. The van der Waals surface area contributed by atoms with E-state index >= 15 is 0 Å². The van der Waals surface area contributed by atoms with E-state index in [4.69, 9.17) is 19.9 Å². The zero-order valence-corrected chi connectivity index (χ0v) is 29.0. The number of benzene rings is 2. The van der Waals surface area contributed by atoms with Crippen LogP contribution in [0.1, 0.15) is 66.9 Å². The van der Waals surface area contributed by atoms with Crippen molar-refractivity contribution in [1.82, 2.24) is 21.3 Å². The van der Waals surface area contributed by atoms with Crippen LogP contribution in [0.5, 0.6) is 5.75 Å². The van der Waals surface area contributed by atoms with Crippen molar-refractivity contribution in [3.05, 3.63) is 60.2 Å². The predicted octanol–water partition coefficient (Wildman–Crippen LogP) is 3.51. The molecule has 0 aliphatic rings. The molecule has 49 heavy (non-hydrogen) atoms. The first-order valence-electron chi connectivity index (χ1n) is 15.8. The number of ether oxygens (including phenoxy) is 3. The van der Waals surface area contributed by atoms with Crippen molar-refractivity contribution >= 4 is 41.7 Å². The molecule has 0 saturated carbocycles. The first-order chi connectivity index (χ1) is 22.8. The second-order valence-corrected chi connectivity index (χ2v) is 13.2. The molecule has 0 fully saturated rings. The van der Waals surface area contributed by atoms with Gasteiger partial charge < -0.3 is 46.5 Å². The highest BCUT2D eigenvalue weighted by atomic mass is 16.6. The van der Waals surface area contributed by atoms with Gasteiger partial charge in [0.1, 0.15) is 35.1 Å². The molecular formula is C34H48N6O9. The highest BCUT2D eigenvalue weighted by molar-refractivity contribution is 5.96. The van der Waals surface area contributed by atoms with Gasteiger partial charge in [-0.05, 0) is 91.1 Å². The van der Waals surface area contributed by atoms with E-state index in [-0.39, 0.29) is 31.6 Å². The number of nitrogens with one attached hydrogen (secondary N) is 5. The molecule has 2 aromatic rings. The van der Waals surface area contributed by atoms with E-state index in [1.165, 1.54) is 6.92 Å². The van der Waals surface area contributed by atoms with E-state index in [2.05, 4.69) is 26.6 Å². The summed E-state index contributed by atoms with van der Waals surface area (Å²) in [5, 5.41) is 12.9. The topological polar surface area (TPSA) is 216 Å². The summed E-state index contributed by atoms with van der Waals surface area (Å²) in [4.78, 5) is 74.4. The van der Waals surface area contributed by atoms with Gasteiger partial charge >= 0.3 is 18.3 Å². The van der Waals surface area contributed by atoms with Crippen LogP contribution in [-0.4, -0.2) is 71.9 Å². The molecule has 15 nitrogen and oxygen atoms in total. The van der Waals surface area contributed by atoms with Crippen molar-refractivity contribution in [3.63, 3.8) is 0 Å². The van der Waals surface area contributed by atoms with Gasteiger partial charge in [0.25, 0.3) is 0 Å². The van der Waals surface area contributed by atoms with Gasteiger partial charge in [-0.1, -0.05) is 30.3 Å². The maximum Gasteiger partial charge on any atom is 0.412 e. The molecule has 0 radical (unpaired) electrons. The third-order valence-electron chi connectivity index (χ3n) is 6.35. The molecule has 2 rings (SSSR count). The van der Waals surface area contributed by atoms with Crippen LogP contribution >= 0.6 is 0 Å². The monoisotopic (exact) mass is 684 g/mol. The van der Waals surface area contributed by atoms with Crippen LogP contribution in [-0.2, 0) is 30.3 Å². The van der Waals surface area contributed by atoms with Crippen molar-refractivity contribution in [2.24, 2.45) is 5.73 Å². The summed E-state index contributed by atoms with van der Waals surface area (Å²) in [7, 11) is 0. The zero-order valence-electron chi connectivity index (χ0n) is 29.0.